The number of nitrogens with one attached hydrogen (secondary N) is 1. The van der Waals surface area contributed by atoms with Gasteiger partial charge in [-0.15, -0.1) is 0 Å². The van der Waals surface area contributed by atoms with Crippen LogP contribution in [0.25, 0.3) is 0 Å². The molecule has 5 atom stereocenters. The Balaban J connectivity index is 1.28. The third-order valence-electron chi connectivity index (χ3n) is 6.76. The van der Waals surface area contributed by atoms with E-state index in [1.165, 1.54) is 39.0 Å². The standard InChI is InChI=1S/C19H26N4O/c24-19(14-3-5-20-6-4-14)23-10-13-1-2-15(11-23)22(9-13)12-18-16-7-21-8-17(16)18/h3-6,13,15-18,21H,1-2,7-12H2/t13-,15-,16-,17+,18?/m0/s1. The van der Waals surface area contributed by atoms with Crippen molar-refractivity contribution in [3.8, 4) is 0 Å². The molecule has 5 fully saturated rings. The van der Waals surface area contributed by atoms with Crippen LogP contribution in [0.15, 0.2) is 24.5 Å². The van der Waals surface area contributed by atoms with E-state index in [1.807, 2.05) is 12.1 Å². The van der Waals surface area contributed by atoms with Crippen molar-refractivity contribution in [3.63, 3.8) is 0 Å². The Hall–Kier alpha value is -1.46. The second-order valence-corrected chi connectivity index (χ2v) is 8.15. The monoisotopic (exact) mass is 326 g/mol. The van der Waals surface area contributed by atoms with Crippen LogP contribution < -0.4 is 5.32 Å². The highest BCUT2D eigenvalue weighted by atomic mass is 16.2. The van der Waals surface area contributed by atoms with Gasteiger partial charge in [0.15, 0.2) is 0 Å². The molecule has 128 valence electrons. The lowest BCUT2D eigenvalue weighted by Crippen LogP contribution is -2.45. The normalized spacial score (nSPS) is 38.0. The van der Waals surface area contributed by atoms with Gasteiger partial charge in [0.1, 0.15) is 0 Å². The van der Waals surface area contributed by atoms with Gasteiger partial charge in [-0.3, -0.25) is 14.7 Å². The van der Waals surface area contributed by atoms with Crippen molar-refractivity contribution in [3.05, 3.63) is 30.1 Å². The summed E-state index contributed by atoms with van der Waals surface area (Å²) in [6.45, 7) is 6.72. The molecular formula is C19H26N4O. The molecule has 1 amide bonds. The molecule has 1 aromatic heterocycles. The predicted molar refractivity (Wildman–Crippen MR) is 91.6 cm³/mol. The van der Waals surface area contributed by atoms with Gasteiger partial charge in [0, 0.05) is 50.2 Å². The van der Waals surface area contributed by atoms with Crippen LogP contribution in [0.3, 0.4) is 0 Å². The highest BCUT2D eigenvalue weighted by Gasteiger charge is 2.53. The summed E-state index contributed by atoms with van der Waals surface area (Å²) in [6, 6.07) is 4.24. The molecule has 0 radical (unpaired) electrons. The summed E-state index contributed by atoms with van der Waals surface area (Å²) in [7, 11) is 0. The molecule has 5 heterocycles. The van der Waals surface area contributed by atoms with Crippen LogP contribution in [-0.2, 0) is 0 Å². The van der Waals surface area contributed by atoms with E-state index in [0.29, 0.717) is 12.0 Å². The summed E-state index contributed by atoms with van der Waals surface area (Å²) in [5.74, 6) is 3.60. The van der Waals surface area contributed by atoms with Gasteiger partial charge >= 0.3 is 0 Å². The number of rotatable bonds is 3. The first-order chi connectivity index (χ1) is 11.8. The Bertz CT molecular complexity index is 611. The lowest BCUT2D eigenvalue weighted by atomic mass is 9.94. The molecule has 2 bridgehead atoms. The van der Waals surface area contributed by atoms with Gasteiger partial charge in [0.2, 0.25) is 0 Å². The average Bonchev–Trinajstić information content (AvgIpc) is 3.17. The second kappa shape index (κ2) is 5.81. The number of piperidine rings is 2. The summed E-state index contributed by atoms with van der Waals surface area (Å²) in [4.78, 5) is 21.7. The molecule has 5 nitrogen and oxygen atoms in total. The first-order valence-electron chi connectivity index (χ1n) is 9.43. The fourth-order valence-electron chi connectivity index (χ4n) is 5.33. The summed E-state index contributed by atoms with van der Waals surface area (Å²) < 4.78 is 0. The van der Waals surface area contributed by atoms with Gasteiger partial charge in [-0.1, -0.05) is 0 Å². The van der Waals surface area contributed by atoms with Gasteiger partial charge in [-0.05, 0) is 61.7 Å². The number of aromatic nitrogens is 1. The van der Waals surface area contributed by atoms with E-state index in [4.69, 9.17) is 0 Å². The molecule has 1 N–H and O–H groups in total. The van der Waals surface area contributed by atoms with Crippen molar-refractivity contribution >= 4 is 5.91 Å². The van der Waals surface area contributed by atoms with Crippen LogP contribution in [0.1, 0.15) is 23.2 Å². The zero-order valence-electron chi connectivity index (χ0n) is 14.1. The Morgan fingerprint density at radius 2 is 1.92 bits per heavy atom. The number of amides is 1. The van der Waals surface area contributed by atoms with E-state index in [9.17, 15) is 4.79 Å². The van der Waals surface area contributed by atoms with E-state index in [-0.39, 0.29) is 5.91 Å². The smallest absolute Gasteiger partial charge is 0.254 e. The van der Waals surface area contributed by atoms with E-state index in [1.54, 1.807) is 12.4 Å². The molecule has 0 spiro atoms. The highest BCUT2D eigenvalue weighted by Crippen LogP contribution is 2.49. The Labute approximate surface area is 143 Å². The topological polar surface area (TPSA) is 48.5 Å². The molecular weight excluding hydrogens is 300 g/mol. The zero-order valence-corrected chi connectivity index (χ0v) is 14.1. The van der Waals surface area contributed by atoms with Crippen LogP contribution >= 0.6 is 0 Å². The van der Waals surface area contributed by atoms with Gasteiger partial charge < -0.3 is 10.2 Å². The molecule has 24 heavy (non-hydrogen) atoms. The number of carbonyl (C=O) groups is 1. The predicted octanol–water partition coefficient (Wildman–Crippen LogP) is 1.08. The number of fused-ring (bicyclic) bond motifs is 5. The second-order valence-electron chi connectivity index (χ2n) is 8.15. The Morgan fingerprint density at radius 3 is 2.71 bits per heavy atom. The Kier molecular flexibility index (Phi) is 3.60. The number of carbonyl (C=O) groups excluding carboxylic acids is 1. The maximum atomic E-state index is 12.8. The molecule has 1 saturated carbocycles. The van der Waals surface area contributed by atoms with Gasteiger partial charge in [-0.2, -0.15) is 0 Å². The minimum Gasteiger partial charge on any atom is -0.337 e. The largest absolute Gasteiger partial charge is 0.337 e. The summed E-state index contributed by atoms with van der Waals surface area (Å²) >= 11 is 0. The SMILES string of the molecule is O=C(c1ccncc1)N1C[C@H]2CC[C@@H](C1)N(CC1[C@H]3CNC[C@@H]13)C2. The van der Waals surface area contributed by atoms with E-state index in [0.717, 1.165) is 36.4 Å². The van der Waals surface area contributed by atoms with Gasteiger partial charge in [0.05, 0.1) is 0 Å². The highest BCUT2D eigenvalue weighted by molar-refractivity contribution is 5.94. The molecule has 1 aliphatic carbocycles. The lowest BCUT2D eigenvalue weighted by Gasteiger charge is -2.36. The van der Waals surface area contributed by atoms with Crippen LogP contribution in [0, 0.1) is 23.7 Å². The molecule has 6 rings (SSSR count). The quantitative estimate of drug-likeness (QED) is 0.903. The maximum Gasteiger partial charge on any atom is 0.254 e. The molecule has 5 heteroatoms. The van der Waals surface area contributed by atoms with Crippen molar-refractivity contribution < 1.29 is 4.79 Å². The van der Waals surface area contributed by atoms with E-state index < -0.39 is 0 Å². The van der Waals surface area contributed by atoms with Crippen LogP contribution in [-0.4, -0.2) is 66.0 Å². The van der Waals surface area contributed by atoms with Crippen molar-refractivity contribution in [2.45, 2.75) is 18.9 Å². The first-order valence-corrected chi connectivity index (χ1v) is 9.43. The fraction of sp³-hybridized carbons (Fsp3) is 0.684. The average molecular weight is 326 g/mol. The third kappa shape index (κ3) is 2.54. The summed E-state index contributed by atoms with van der Waals surface area (Å²) in [5, 5.41) is 3.50. The van der Waals surface area contributed by atoms with Crippen molar-refractivity contribution in [2.75, 3.05) is 39.3 Å². The Morgan fingerprint density at radius 1 is 1.12 bits per heavy atom. The minimum absolute atomic E-state index is 0.184. The zero-order chi connectivity index (χ0) is 16.1. The number of nitrogens with zero attached hydrogens (tertiary/aromatic N) is 3. The molecule has 0 aromatic carbocycles. The van der Waals surface area contributed by atoms with Crippen LogP contribution in [0.5, 0.6) is 0 Å². The van der Waals surface area contributed by atoms with E-state index in [2.05, 4.69) is 20.1 Å². The molecule has 1 unspecified atom stereocenters. The van der Waals surface area contributed by atoms with Crippen molar-refractivity contribution in [1.82, 2.24) is 20.1 Å². The van der Waals surface area contributed by atoms with Crippen molar-refractivity contribution in [2.24, 2.45) is 23.7 Å². The maximum absolute atomic E-state index is 12.8. The van der Waals surface area contributed by atoms with Gasteiger partial charge in [-0.25, -0.2) is 0 Å². The molecule has 4 aliphatic heterocycles. The number of hydrogen-bond donors (Lipinski definition) is 1. The van der Waals surface area contributed by atoms with Crippen LogP contribution in [0.4, 0.5) is 0 Å². The number of hydrogen-bond acceptors (Lipinski definition) is 4. The first kappa shape index (κ1) is 14.8. The summed E-state index contributed by atoms with van der Waals surface area (Å²) in [5.41, 5.74) is 0.778. The summed E-state index contributed by atoms with van der Waals surface area (Å²) in [6.07, 6.45) is 5.96. The van der Waals surface area contributed by atoms with Gasteiger partial charge in [0.25, 0.3) is 5.91 Å². The minimum atomic E-state index is 0.184. The van der Waals surface area contributed by atoms with Crippen molar-refractivity contribution in [1.29, 1.82) is 0 Å². The molecule has 5 aliphatic rings. The number of pyridine rings is 1. The van der Waals surface area contributed by atoms with Crippen LogP contribution in [0.2, 0.25) is 0 Å². The fourth-order valence-corrected chi connectivity index (χ4v) is 5.33. The molecule has 1 aromatic rings. The third-order valence-corrected chi connectivity index (χ3v) is 6.76. The lowest BCUT2D eigenvalue weighted by molar-refractivity contribution is 0.0735. The van der Waals surface area contributed by atoms with E-state index >= 15 is 0 Å². The molecule has 4 saturated heterocycles.